The Kier molecular flexibility index (Phi) is 3.55. The molecule has 6 nitrogen and oxygen atoms in total. The summed E-state index contributed by atoms with van der Waals surface area (Å²) in [4.78, 5) is 18.9. The highest BCUT2D eigenvalue weighted by Gasteiger charge is 2.55. The van der Waals surface area contributed by atoms with Crippen molar-refractivity contribution < 1.29 is 4.79 Å². The Morgan fingerprint density at radius 1 is 1.04 bits per heavy atom. The Balaban J connectivity index is 1.45. The van der Waals surface area contributed by atoms with Crippen LogP contribution in [0.3, 0.4) is 0 Å². The molecule has 24 heavy (non-hydrogen) atoms. The summed E-state index contributed by atoms with van der Waals surface area (Å²) in [6, 6.07) is 6.56. The minimum absolute atomic E-state index is 0.180. The number of rotatable bonds is 3. The molecule has 6 heteroatoms. The maximum Gasteiger partial charge on any atom is 0.252 e. The molecular weight excluding hydrogens is 302 g/mol. The van der Waals surface area contributed by atoms with E-state index in [1.165, 1.54) is 16.8 Å². The molecule has 0 atom stereocenters. The second-order valence-corrected chi connectivity index (χ2v) is 6.92. The van der Waals surface area contributed by atoms with Crippen LogP contribution in [0, 0.1) is 13.8 Å². The first-order valence-corrected chi connectivity index (χ1v) is 8.58. The van der Waals surface area contributed by atoms with Crippen LogP contribution in [-0.2, 0) is 10.3 Å². The standard InChI is InChI=1S/C18H23N5O/c1-14-3-4-15(2)16(13-14)21-9-11-22(12-10-21)17(24)18(5-6-18)23-19-7-8-20-23/h3-4,7-8,13H,5-6,9-12H2,1-2H3. The zero-order valence-corrected chi connectivity index (χ0v) is 14.3. The van der Waals surface area contributed by atoms with E-state index in [9.17, 15) is 4.79 Å². The number of hydrogen-bond acceptors (Lipinski definition) is 4. The molecule has 1 saturated heterocycles. The topological polar surface area (TPSA) is 54.3 Å². The van der Waals surface area contributed by atoms with E-state index >= 15 is 0 Å². The number of amides is 1. The number of piperazine rings is 1. The van der Waals surface area contributed by atoms with Gasteiger partial charge in [-0.15, -0.1) is 0 Å². The summed E-state index contributed by atoms with van der Waals surface area (Å²) in [5.74, 6) is 0.180. The molecule has 126 valence electrons. The minimum atomic E-state index is -0.509. The third kappa shape index (κ3) is 2.46. The van der Waals surface area contributed by atoms with E-state index in [-0.39, 0.29) is 5.91 Å². The van der Waals surface area contributed by atoms with Crippen LogP contribution >= 0.6 is 0 Å². The number of hydrogen-bond donors (Lipinski definition) is 0. The van der Waals surface area contributed by atoms with Crippen molar-refractivity contribution in [3.63, 3.8) is 0 Å². The average Bonchev–Trinajstić information content (AvgIpc) is 3.22. The Labute approximate surface area is 142 Å². The molecule has 0 radical (unpaired) electrons. The number of carbonyl (C=O) groups is 1. The Hall–Kier alpha value is -2.37. The second-order valence-electron chi connectivity index (χ2n) is 6.92. The molecule has 0 spiro atoms. The lowest BCUT2D eigenvalue weighted by molar-refractivity contribution is -0.137. The lowest BCUT2D eigenvalue weighted by Crippen LogP contribution is -2.53. The van der Waals surface area contributed by atoms with Crippen molar-refractivity contribution in [2.24, 2.45) is 0 Å². The van der Waals surface area contributed by atoms with Gasteiger partial charge in [-0.3, -0.25) is 4.79 Å². The second kappa shape index (κ2) is 5.61. The molecule has 1 aliphatic carbocycles. The van der Waals surface area contributed by atoms with Gasteiger partial charge in [-0.05, 0) is 43.9 Å². The molecule has 1 aromatic heterocycles. The summed E-state index contributed by atoms with van der Waals surface area (Å²) in [5.41, 5.74) is 3.35. The first-order valence-electron chi connectivity index (χ1n) is 8.58. The molecule has 2 heterocycles. The van der Waals surface area contributed by atoms with Gasteiger partial charge in [-0.2, -0.15) is 15.0 Å². The van der Waals surface area contributed by atoms with Gasteiger partial charge in [0.25, 0.3) is 5.91 Å². The van der Waals surface area contributed by atoms with Crippen molar-refractivity contribution in [1.82, 2.24) is 19.9 Å². The van der Waals surface area contributed by atoms with E-state index in [1.807, 2.05) is 4.90 Å². The molecule has 0 N–H and O–H groups in total. The fourth-order valence-electron chi connectivity index (χ4n) is 3.56. The van der Waals surface area contributed by atoms with Gasteiger partial charge in [0.1, 0.15) is 0 Å². The highest BCUT2D eigenvalue weighted by Crippen LogP contribution is 2.44. The van der Waals surface area contributed by atoms with E-state index < -0.39 is 5.54 Å². The molecule has 1 saturated carbocycles. The monoisotopic (exact) mass is 325 g/mol. The maximum atomic E-state index is 13.0. The molecule has 1 amide bonds. The smallest absolute Gasteiger partial charge is 0.252 e. The van der Waals surface area contributed by atoms with Gasteiger partial charge in [-0.1, -0.05) is 12.1 Å². The fourth-order valence-corrected chi connectivity index (χ4v) is 3.56. The van der Waals surface area contributed by atoms with Crippen molar-refractivity contribution in [2.45, 2.75) is 32.2 Å². The number of benzene rings is 1. The van der Waals surface area contributed by atoms with Gasteiger partial charge in [-0.25, -0.2) is 0 Å². The minimum Gasteiger partial charge on any atom is -0.368 e. The van der Waals surface area contributed by atoms with Crippen LogP contribution in [0.2, 0.25) is 0 Å². The van der Waals surface area contributed by atoms with Crippen LogP contribution in [0.25, 0.3) is 0 Å². The first kappa shape index (κ1) is 15.2. The van der Waals surface area contributed by atoms with E-state index in [2.05, 4.69) is 47.1 Å². The molecule has 2 aromatic rings. The lowest BCUT2D eigenvalue weighted by Gasteiger charge is -2.38. The number of anilines is 1. The highest BCUT2D eigenvalue weighted by molar-refractivity contribution is 5.87. The molecule has 0 unspecified atom stereocenters. The molecule has 1 aromatic carbocycles. The average molecular weight is 325 g/mol. The summed E-state index contributed by atoms with van der Waals surface area (Å²) in [5, 5.41) is 8.40. The van der Waals surface area contributed by atoms with E-state index in [0.29, 0.717) is 0 Å². The molecule has 2 aliphatic rings. The van der Waals surface area contributed by atoms with Crippen molar-refractivity contribution in [1.29, 1.82) is 0 Å². The van der Waals surface area contributed by atoms with Crippen LogP contribution in [0.15, 0.2) is 30.6 Å². The zero-order chi connectivity index (χ0) is 16.7. The molecule has 0 bridgehead atoms. The first-order chi connectivity index (χ1) is 11.6. The molecule has 4 rings (SSSR count). The summed E-state index contributed by atoms with van der Waals surface area (Å²) in [6.45, 7) is 7.54. The Bertz CT molecular complexity index is 743. The van der Waals surface area contributed by atoms with E-state index in [1.54, 1.807) is 17.2 Å². The Morgan fingerprint density at radius 2 is 1.71 bits per heavy atom. The van der Waals surface area contributed by atoms with Crippen LogP contribution in [0.4, 0.5) is 5.69 Å². The third-order valence-electron chi connectivity index (χ3n) is 5.20. The van der Waals surface area contributed by atoms with Crippen molar-refractivity contribution in [2.75, 3.05) is 31.1 Å². The summed E-state index contributed by atoms with van der Waals surface area (Å²) >= 11 is 0. The molecular formula is C18H23N5O. The van der Waals surface area contributed by atoms with Crippen molar-refractivity contribution in [3.05, 3.63) is 41.7 Å². The van der Waals surface area contributed by atoms with Crippen molar-refractivity contribution >= 4 is 11.6 Å². The molecule has 1 aliphatic heterocycles. The van der Waals surface area contributed by atoms with Gasteiger partial charge in [0.15, 0.2) is 5.54 Å². The number of aromatic nitrogens is 3. The van der Waals surface area contributed by atoms with Crippen LogP contribution < -0.4 is 4.90 Å². The SMILES string of the molecule is Cc1ccc(C)c(N2CCN(C(=O)C3(n4nccn4)CC3)CC2)c1. The number of aryl methyl sites for hydroxylation is 2. The largest absolute Gasteiger partial charge is 0.368 e. The number of carbonyl (C=O) groups excluding carboxylic acids is 1. The lowest BCUT2D eigenvalue weighted by atomic mass is 10.1. The van der Waals surface area contributed by atoms with E-state index in [4.69, 9.17) is 0 Å². The predicted octanol–water partition coefficient (Wildman–Crippen LogP) is 1.73. The van der Waals surface area contributed by atoms with Gasteiger partial charge in [0.05, 0.1) is 12.4 Å². The van der Waals surface area contributed by atoms with Crippen molar-refractivity contribution in [3.8, 4) is 0 Å². The van der Waals surface area contributed by atoms with Crippen LogP contribution in [0.1, 0.15) is 24.0 Å². The third-order valence-corrected chi connectivity index (χ3v) is 5.20. The van der Waals surface area contributed by atoms with Crippen LogP contribution in [0.5, 0.6) is 0 Å². The fraction of sp³-hybridized carbons (Fsp3) is 0.500. The van der Waals surface area contributed by atoms with Gasteiger partial charge in [0, 0.05) is 31.9 Å². The van der Waals surface area contributed by atoms with Gasteiger partial charge >= 0.3 is 0 Å². The van der Waals surface area contributed by atoms with Gasteiger partial charge in [0.2, 0.25) is 0 Å². The number of nitrogens with zero attached hydrogens (tertiary/aromatic N) is 5. The maximum absolute atomic E-state index is 13.0. The molecule has 2 fully saturated rings. The van der Waals surface area contributed by atoms with E-state index in [0.717, 1.165) is 39.0 Å². The summed E-state index contributed by atoms with van der Waals surface area (Å²) in [6.07, 6.45) is 4.98. The summed E-state index contributed by atoms with van der Waals surface area (Å²) in [7, 11) is 0. The van der Waals surface area contributed by atoms with Gasteiger partial charge < -0.3 is 9.80 Å². The quantitative estimate of drug-likeness (QED) is 0.862. The Morgan fingerprint density at radius 3 is 2.33 bits per heavy atom. The predicted molar refractivity (Wildman–Crippen MR) is 91.9 cm³/mol. The zero-order valence-electron chi connectivity index (χ0n) is 14.3. The van der Waals surface area contributed by atoms with Crippen LogP contribution in [-0.4, -0.2) is 52.0 Å². The highest BCUT2D eigenvalue weighted by atomic mass is 16.2. The normalized spacial score (nSPS) is 19.4. The summed E-state index contributed by atoms with van der Waals surface area (Å²) < 4.78 is 0.